The molecule has 4 nitrogen and oxygen atoms in total. The molecule has 1 rings (SSSR count). The molecule has 0 saturated carbocycles. The van der Waals surface area contributed by atoms with E-state index in [2.05, 4.69) is 17.6 Å². The Labute approximate surface area is 75.1 Å². The fraction of sp³-hybridized carbons (Fsp3) is 0.111. The first kappa shape index (κ1) is 9.25. The van der Waals surface area contributed by atoms with Gasteiger partial charge >= 0.3 is 0 Å². The highest BCUT2D eigenvalue weighted by Crippen LogP contribution is 1.94. The van der Waals surface area contributed by atoms with Gasteiger partial charge in [0.25, 0.3) is 11.5 Å². The van der Waals surface area contributed by atoms with Crippen LogP contribution in [0.3, 0.4) is 0 Å². The average Bonchev–Trinajstić information content (AvgIpc) is 2.04. The van der Waals surface area contributed by atoms with Gasteiger partial charge in [0.2, 0.25) is 0 Å². The van der Waals surface area contributed by atoms with Crippen LogP contribution in [0.25, 0.3) is 0 Å². The number of carbonyl (C=O) groups excluding carboxylic acids is 1. The maximum Gasteiger partial charge on any atom is 0.261 e. The number of aromatic amines is 1. The molecule has 13 heavy (non-hydrogen) atoms. The highest BCUT2D eigenvalue weighted by Gasteiger charge is 2.05. The number of nitrogens with one attached hydrogen (secondary N) is 1. The van der Waals surface area contributed by atoms with Crippen LogP contribution in [0, 0.1) is 6.07 Å². The fourth-order valence-electron chi connectivity index (χ4n) is 0.903. The average molecular weight is 177 g/mol. The number of H-pyrrole nitrogens is 1. The number of hydrogen-bond donors (Lipinski definition) is 2. The van der Waals surface area contributed by atoms with Gasteiger partial charge in [-0.05, 0) is 6.07 Å². The number of pyridine rings is 1. The van der Waals surface area contributed by atoms with E-state index >= 15 is 0 Å². The zero-order chi connectivity index (χ0) is 9.84. The summed E-state index contributed by atoms with van der Waals surface area (Å²) in [6.07, 6.45) is 2.14. The normalized spacial score (nSPS) is 9.54. The summed E-state index contributed by atoms with van der Waals surface area (Å²) in [5.74, 6) is -0.748. The Morgan fingerprint density at radius 3 is 2.92 bits per heavy atom. The molecule has 0 spiro atoms. The maximum absolute atomic E-state index is 11.1. The topological polar surface area (TPSA) is 76.0 Å². The molecule has 0 aliphatic heterocycles. The van der Waals surface area contributed by atoms with Crippen LogP contribution < -0.4 is 11.3 Å². The largest absolute Gasteiger partial charge is 0.365 e. The minimum Gasteiger partial charge on any atom is -0.365 e. The quantitative estimate of drug-likeness (QED) is 0.638. The van der Waals surface area contributed by atoms with Gasteiger partial charge in [-0.3, -0.25) is 9.59 Å². The van der Waals surface area contributed by atoms with E-state index in [9.17, 15) is 9.59 Å². The number of aromatic nitrogens is 1. The van der Waals surface area contributed by atoms with Gasteiger partial charge in [-0.15, -0.1) is 6.58 Å². The summed E-state index contributed by atoms with van der Waals surface area (Å²) in [5, 5.41) is 0. The molecule has 1 heterocycles. The van der Waals surface area contributed by atoms with Crippen molar-refractivity contribution in [1.29, 1.82) is 0 Å². The maximum atomic E-state index is 11.1. The minimum atomic E-state index is -0.748. The summed E-state index contributed by atoms with van der Waals surface area (Å²) in [5.41, 5.74) is 4.97. The number of carbonyl (C=O) groups is 1. The Hall–Kier alpha value is -1.84. The molecule has 4 heteroatoms. The van der Waals surface area contributed by atoms with E-state index < -0.39 is 11.5 Å². The minimum absolute atomic E-state index is 0.0761. The van der Waals surface area contributed by atoms with Crippen molar-refractivity contribution < 1.29 is 4.79 Å². The first-order chi connectivity index (χ1) is 6.15. The molecule has 1 aromatic heterocycles. The third kappa shape index (κ3) is 2.05. The lowest BCUT2D eigenvalue weighted by atomic mass is 10.2. The first-order valence-electron chi connectivity index (χ1n) is 3.69. The van der Waals surface area contributed by atoms with Crippen molar-refractivity contribution in [2.24, 2.45) is 5.73 Å². The number of hydrogen-bond acceptors (Lipinski definition) is 2. The summed E-state index contributed by atoms with van der Waals surface area (Å²) in [4.78, 5) is 24.3. The van der Waals surface area contributed by atoms with Crippen LogP contribution in [0.15, 0.2) is 23.5 Å². The molecule has 0 unspecified atom stereocenters. The van der Waals surface area contributed by atoms with Crippen LogP contribution in [-0.4, -0.2) is 10.9 Å². The predicted molar refractivity (Wildman–Crippen MR) is 48.3 cm³/mol. The number of primary amides is 1. The molecular weight excluding hydrogens is 168 g/mol. The highest BCUT2D eigenvalue weighted by molar-refractivity contribution is 5.92. The molecule has 0 aromatic carbocycles. The first-order valence-corrected chi connectivity index (χ1v) is 3.69. The van der Waals surface area contributed by atoms with Crippen molar-refractivity contribution in [1.82, 2.24) is 4.98 Å². The van der Waals surface area contributed by atoms with E-state index in [0.717, 1.165) is 0 Å². The van der Waals surface area contributed by atoms with Gasteiger partial charge in [0.15, 0.2) is 0 Å². The van der Waals surface area contributed by atoms with Gasteiger partial charge in [-0.25, -0.2) is 0 Å². The van der Waals surface area contributed by atoms with E-state index in [1.54, 1.807) is 6.08 Å². The van der Waals surface area contributed by atoms with Crippen molar-refractivity contribution >= 4 is 5.91 Å². The Balaban J connectivity index is 3.13. The van der Waals surface area contributed by atoms with Crippen LogP contribution >= 0.6 is 0 Å². The van der Waals surface area contributed by atoms with Crippen molar-refractivity contribution in [2.75, 3.05) is 0 Å². The predicted octanol–water partition coefficient (Wildman–Crippen LogP) is 0.00249. The number of rotatable bonds is 3. The molecule has 1 aromatic rings. The van der Waals surface area contributed by atoms with Crippen molar-refractivity contribution in [3.05, 3.63) is 46.4 Å². The Kier molecular flexibility index (Phi) is 2.64. The van der Waals surface area contributed by atoms with Gasteiger partial charge in [0.1, 0.15) is 5.56 Å². The molecule has 0 saturated heterocycles. The molecule has 3 N–H and O–H groups in total. The monoisotopic (exact) mass is 177 g/mol. The lowest BCUT2D eigenvalue weighted by molar-refractivity contribution is 0.0999. The van der Waals surface area contributed by atoms with Crippen molar-refractivity contribution in [3.63, 3.8) is 0 Å². The van der Waals surface area contributed by atoms with Crippen LogP contribution in [0.4, 0.5) is 0 Å². The molecule has 0 aliphatic carbocycles. The van der Waals surface area contributed by atoms with E-state index in [4.69, 9.17) is 5.73 Å². The zero-order valence-electron chi connectivity index (χ0n) is 6.96. The van der Waals surface area contributed by atoms with E-state index in [1.807, 2.05) is 0 Å². The smallest absolute Gasteiger partial charge is 0.261 e. The van der Waals surface area contributed by atoms with Gasteiger partial charge in [-0.2, -0.15) is 0 Å². The van der Waals surface area contributed by atoms with Crippen LogP contribution in [-0.2, 0) is 6.42 Å². The Morgan fingerprint density at radius 2 is 2.46 bits per heavy atom. The van der Waals surface area contributed by atoms with Crippen LogP contribution in [0.1, 0.15) is 16.1 Å². The van der Waals surface area contributed by atoms with Crippen molar-refractivity contribution in [3.8, 4) is 0 Å². The van der Waals surface area contributed by atoms with Crippen LogP contribution in [0.5, 0.6) is 0 Å². The van der Waals surface area contributed by atoms with E-state index in [0.29, 0.717) is 12.1 Å². The number of nitrogens with two attached hydrogens (primary N) is 1. The summed E-state index contributed by atoms with van der Waals surface area (Å²) in [6, 6.07) is 4.02. The van der Waals surface area contributed by atoms with Gasteiger partial charge in [0.05, 0.1) is 0 Å². The molecule has 0 atom stereocenters. The fourth-order valence-corrected chi connectivity index (χ4v) is 0.903. The number of amides is 1. The Bertz CT molecular complexity index is 393. The van der Waals surface area contributed by atoms with E-state index in [-0.39, 0.29) is 5.56 Å². The molecule has 1 radical (unpaired) electrons. The molecule has 0 bridgehead atoms. The molecule has 1 amide bonds. The third-order valence-corrected chi connectivity index (χ3v) is 1.51. The zero-order valence-corrected chi connectivity index (χ0v) is 6.96. The van der Waals surface area contributed by atoms with Gasteiger partial charge < -0.3 is 10.7 Å². The summed E-state index contributed by atoms with van der Waals surface area (Å²) < 4.78 is 0. The third-order valence-electron chi connectivity index (χ3n) is 1.51. The second-order valence-electron chi connectivity index (χ2n) is 2.49. The van der Waals surface area contributed by atoms with Crippen LogP contribution in [0.2, 0.25) is 0 Å². The second-order valence-corrected chi connectivity index (χ2v) is 2.49. The molecule has 0 aliphatic rings. The molecule has 0 fully saturated rings. The summed E-state index contributed by atoms with van der Waals surface area (Å²) in [6.45, 7) is 3.51. The summed E-state index contributed by atoms with van der Waals surface area (Å²) in [7, 11) is 0. The Morgan fingerprint density at radius 1 is 1.77 bits per heavy atom. The van der Waals surface area contributed by atoms with Gasteiger partial charge in [-0.1, -0.05) is 6.08 Å². The van der Waals surface area contributed by atoms with Gasteiger partial charge in [0, 0.05) is 18.2 Å². The second kappa shape index (κ2) is 3.71. The lowest BCUT2D eigenvalue weighted by Crippen LogP contribution is -2.24. The standard InChI is InChI=1S/C9H9N2O2/c1-2-3-6-4-5-7(8(10)12)9(13)11-6/h2,5H,1,3H2,(H2,10,12)(H,11,13). The van der Waals surface area contributed by atoms with Crippen molar-refractivity contribution in [2.45, 2.75) is 6.42 Å². The van der Waals surface area contributed by atoms with E-state index in [1.165, 1.54) is 6.07 Å². The molecular formula is C9H9N2O2. The number of allylic oxidation sites excluding steroid dienone is 1. The lowest BCUT2D eigenvalue weighted by Gasteiger charge is -1.97. The highest BCUT2D eigenvalue weighted by atomic mass is 16.2. The molecule has 67 valence electrons. The SMILES string of the molecule is C=CCc1[c]cc(C(N)=O)c(=O)[nH]1. The summed E-state index contributed by atoms with van der Waals surface area (Å²) >= 11 is 0.